The van der Waals surface area contributed by atoms with Crippen molar-refractivity contribution in [1.82, 2.24) is 19.7 Å². The summed E-state index contributed by atoms with van der Waals surface area (Å²) in [7, 11) is 0.295. The Kier molecular flexibility index (Phi) is 4.87. The molecule has 1 aromatic carbocycles. The number of benzene rings is 1. The number of carbonyl (C=O) groups excluding carboxylic acids is 1. The Morgan fingerprint density at radius 2 is 1.94 bits per heavy atom. The Morgan fingerprint density at radius 3 is 2.68 bits per heavy atom. The topological polar surface area (TPSA) is 83.7 Å². The van der Waals surface area contributed by atoms with Gasteiger partial charge in [0.2, 0.25) is 11.9 Å². The van der Waals surface area contributed by atoms with E-state index in [1.165, 1.54) is 6.07 Å². The zero-order valence-electron chi connectivity index (χ0n) is 18.8. The van der Waals surface area contributed by atoms with Gasteiger partial charge in [0.05, 0.1) is 35.1 Å². The van der Waals surface area contributed by atoms with Crippen molar-refractivity contribution in [2.45, 2.75) is 42.9 Å². The molecule has 1 saturated carbocycles. The molecule has 174 valence electrons. The number of rotatable bonds is 4. The highest BCUT2D eigenvalue weighted by Gasteiger charge is 2.49. The molecular formula is C24H23FN6O2S. The lowest BCUT2D eigenvalue weighted by molar-refractivity contribution is 0.0861. The highest BCUT2D eigenvalue weighted by Crippen LogP contribution is 2.41. The zero-order chi connectivity index (χ0) is 23.6. The van der Waals surface area contributed by atoms with Gasteiger partial charge in [0.1, 0.15) is 10.6 Å². The molecule has 1 fully saturated rings. The van der Waals surface area contributed by atoms with Crippen molar-refractivity contribution in [3.63, 3.8) is 0 Å². The van der Waals surface area contributed by atoms with Gasteiger partial charge in [-0.2, -0.15) is 9.49 Å². The number of carbonyl (C=O) groups is 1. The average molecular weight is 479 g/mol. The molecule has 3 atom stereocenters. The maximum atomic E-state index is 13.5. The van der Waals surface area contributed by atoms with Crippen molar-refractivity contribution in [3.05, 3.63) is 59.5 Å². The van der Waals surface area contributed by atoms with E-state index in [-0.39, 0.29) is 18.0 Å². The van der Waals surface area contributed by atoms with E-state index in [2.05, 4.69) is 9.88 Å². The summed E-state index contributed by atoms with van der Waals surface area (Å²) in [5, 5.41) is 5.23. The molecular weight excluding hydrogens is 455 g/mol. The summed E-state index contributed by atoms with van der Waals surface area (Å²) >= 11 is 0. The van der Waals surface area contributed by atoms with Gasteiger partial charge < -0.3 is 0 Å². The third-order valence-electron chi connectivity index (χ3n) is 6.78. The molecule has 0 N–H and O–H groups in total. The minimum absolute atomic E-state index is 0.168. The summed E-state index contributed by atoms with van der Waals surface area (Å²) in [6.45, 7) is 0.351. The Labute approximate surface area is 198 Å². The fourth-order valence-electron chi connectivity index (χ4n) is 5.20. The summed E-state index contributed by atoms with van der Waals surface area (Å²) in [6, 6.07) is 12.6. The molecule has 1 amide bonds. The van der Waals surface area contributed by atoms with Crippen molar-refractivity contribution in [3.8, 4) is 11.3 Å². The van der Waals surface area contributed by atoms with Gasteiger partial charge in [0.15, 0.2) is 5.82 Å². The molecule has 34 heavy (non-hydrogen) atoms. The van der Waals surface area contributed by atoms with Crippen molar-refractivity contribution >= 4 is 28.5 Å². The number of halogens is 1. The predicted octanol–water partition coefficient (Wildman–Crippen LogP) is 3.05. The van der Waals surface area contributed by atoms with Crippen LogP contribution in [0.25, 0.3) is 11.3 Å². The molecule has 10 heteroatoms. The minimum atomic E-state index is -1.42. The first kappa shape index (κ1) is 21.2. The first-order valence-corrected chi connectivity index (χ1v) is 12.8. The Hall–Kier alpha value is -3.40. The van der Waals surface area contributed by atoms with Crippen LogP contribution in [-0.2, 0) is 17.3 Å². The van der Waals surface area contributed by atoms with Crippen LogP contribution in [0.15, 0.2) is 52.5 Å². The molecule has 0 bridgehead atoms. The van der Waals surface area contributed by atoms with Gasteiger partial charge in [0.25, 0.3) is 5.91 Å². The zero-order valence-corrected chi connectivity index (χ0v) is 19.6. The quantitative estimate of drug-likeness (QED) is 0.539. The van der Waals surface area contributed by atoms with Crippen LogP contribution in [0, 0.1) is 5.95 Å². The molecule has 3 unspecified atom stereocenters. The largest absolute Gasteiger partial charge is 0.289 e. The maximum Gasteiger partial charge on any atom is 0.267 e. The number of hydrogen-bond acceptors (Lipinski definition) is 6. The van der Waals surface area contributed by atoms with Crippen LogP contribution in [0.5, 0.6) is 0 Å². The predicted molar refractivity (Wildman–Crippen MR) is 127 cm³/mol. The number of hydrogen-bond donors (Lipinski definition) is 0. The average Bonchev–Trinajstić information content (AvgIpc) is 3.51. The standard InChI is InChI=1S/C24H23FN6O2S/c1-29-22(32)20-21(31-18-7-3-6-17(18)27-24(29)31)28-30(23(20)34(2)33)13-14-9-11-15(12-10-14)16-5-4-8-19(25)26-16/h4-5,8-12,17-18H,3,6-7,13H2,1-2H3. The highest BCUT2D eigenvalue weighted by atomic mass is 32.2. The summed E-state index contributed by atoms with van der Waals surface area (Å²) in [6.07, 6.45) is 4.66. The second kappa shape index (κ2) is 7.83. The third-order valence-corrected chi connectivity index (χ3v) is 7.74. The molecule has 8 nitrogen and oxygen atoms in total. The first-order valence-electron chi connectivity index (χ1n) is 11.2. The summed E-state index contributed by atoms with van der Waals surface area (Å²) in [5.41, 5.74) is 2.67. The van der Waals surface area contributed by atoms with Crippen LogP contribution in [0.3, 0.4) is 0 Å². The Balaban J connectivity index is 1.38. The Bertz CT molecular complexity index is 1370. The van der Waals surface area contributed by atoms with Crippen molar-refractivity contribution in [2.24, 2.45) is 4.99 Å². The lowest BCUT2D eigenvalue weighted by Crippen LogP contribution is -2.51. The van der Waals surface area contributed by atoms with Gasteiger partial charge in [-0.1, -0.05) is 30.3 Å². The van der Waals surface area contributed by atoms with Gasteiger partial charge >= 0.3 is 0 Å². The lowest BCUT2D eigenvalue weighted by Gasteiger charge is -2.33. The van der Waals surface area contributed by atoms with Gasteiger partial charge in [-0.15, -0.1) is 0 Å². The minimum Gasteiger partial charge on any atom is -0.289 e. The van der Waals surface area contributed by atoms with Crippen LogP contribution in [0.1, 0.15) is 35.2 Å². The first-order chi connectivity index (χ1) is 16.4. The van der Waals surface area contributed by atoms with E-state index in [0.717, 1.165) is 30.4 Å². The van der Waals surface area contributed by atoms with Gasteiger partial charge in [0, 0.05) is 18.9 Å². The molecule has 6 rings (SSSR count). The third kappa shape index (κ3) is 3.19. The number of pyridine rings is 1. The van der Waals surface area contributed by atoms with E-state index in [1.54, 1.807) is 35.0 Å². The van der Waals surface area contributed by atoms with Crippen LogP contribution in [0.2, 0.25) is 0 Å². The fourth-order valence-corrected chi connectivity index (χ4v) is 6.07. The van der Waals surface area contributed by atoms with Crippen LogP contribution in [0.4, 0.5) is 10.2 Å². The summed E-state index contributed by atoms with van der Waals surface area (Å²) < 4.78 is 28.0. The molecule has 1 aliphatic carbocycles. The monoisotopic (exact) mass is 478 g/mol. The van der Waals surface area contributed by atoms with Crippen LogP contribution in [-0.4, -0.2) is 61.1 Å². The van der Waals surface area contributed by atoms with Crippen molar-refractivity contribution in [2.75, 3.05) is 18.2 Å². The second-order valence-corrected chi connectivity index (χ2v) is 10.2. The van der Waals surface area contributed by atoms with E-state index in [9.17, 15) is 13.4 Å². The second-order valence-electron chi connectivity index (χ2n) is 8.89. The number of aromatic nitrogens is 3. The number of aliphatic imine (C=N–C) groups is 1. The van der Waals surface area contributed by atoms with Gasteiger partial charge in [-0.05, 0) is 37.0 Å². The Morgan fingerprint density at radius 1 is 1.15 bits per heavy atom. The fraction of sp³-hybridized carbons (Fsp3) is 0.333. The van der Waals surface area contributed by atoms with E-state index in [0.29, 0.717) is 34.6 Å². The van der Waals surface area contributed by atoms with E-state index < -0.39 is 16.7 Å². The summed E-state index contributed by atoms with van der Waals surface area (Å²) in [4.78, 5) is 25.7. The number of guanidine groups is 1. The van der Waals surface area contributed by atoms with Crippen LogP contribution < -0.4 is 4.90 Å². The number of anilines is 1. The van der Waals surface area contributed by atoms with Gasteiger partial charge in [-0.25, -0.2) is 14.7 Å². The molecule has 2 aliphatic heterocycles. The lowest BCUT2D eigenvalue weighted by atomic mass is 10.1. The maximum absolute atomic E-state index is 13.5. The smallest absolute Gasteiger partial charge is 0.267 e. The summed E-state index contributed by atoms with van der Waals surface area (Å²) in [5.74, 6) is 0.441. The number of nitrogens with zero attached hydrogens (tertiary/aromatic N) is 6. The molecule has 0 spiro atoms. The highest BCUT2D eigenvalue weighted by molar-refractivity contribution is 7.84. The van der Waals surface area contributed by atoms with E-state index >= 15 is 0 Å². The van der Waals surface area contributed by atoms with E-state index in [4.69, 9.17) is 10.1 Å². The van der Waals surface area contributed by atoms with Crippen molar-refractivity contribution < 1.29 is 13.4 Å². The SMILES string of the molecule is CN1C(=O)c2c(nn(Cc3ccc(-c4cccc(F)n4)cc3)c2S(C)=O)N2C1=NC1CCCC12. The van der Waals surface area contributed by atoms with Crippen LogP contribution >= 0.6 is 0 Å². The molecule has 4 heterocycles. The molecule has 3 aromatic rings. The molecule has 2 aromatic heterocycles. The molecule has 3 aliphatic rings. The number of amides is 1. The van der Waals surface area contributed by atoms with E-state index in [1.807, 2.05) is 24.3 Å². The van der Waals surface area contributed by atoms with Crippen molar-refractivity contribution in [1.29, 1.82) is 0 Å². The molecule has 0 saturated heterocycles. The van der Waals surface area contributed by atoms with Gasteiger partial charge in [-0.3, -0.25) is 18.8 Å². The molecule has 0 radical (unpaired) electrons. The number of fused-ring (bicyclic) bond motifs is 5. The normalized spacial score (nSPS) is 21.9.